The molecule has 0 aromatic heterocycles. The maximum atomic E-state index is 9.29. The molecule has 0 fully saturated rings. The molecule has 20 heavy (non-hydrogen) atoms. The van der Waals surface area contributed by atoms with Crippen molar-refractivity contribution in [2.24, 2.45) is 5.73 Å². The van der Waals surface area contributed by atoms with Gasteiger partial charge in [0, 0.05) is 12.1 Å². The first-order chi connectivity index (χ1) is 9.26. The second kappa shape index (κ2) is 14.7. The summed E-state index contributed by atoms with van der Waals surface area (Å²) in [4.78, 5) is 0. The number of rotatable bonds is 5. The number of allylic oxidation sites excluding steroid dienone is 5. The lowest BCUT2D eigenvalue weighted by Crippen LogP contribution is -2.02. The number of hydrogen-bond donors (Lipinski definition) is 4. The molecule has 5 N–H and O–H groups in total. The summed E-state index contributed by atoms with van der Waals surface area (Å²) in [5.74, 6) is 0.146. The van der Waals surface area contributed by atoms with Crippen LogP contribution in [0.15, 0.2) is 60.6 Å². The van der Waals surface area contributed by atoms with Gasteiger partial charge in [-0.3, -0.25) is 0 Å². The van der Waals surface area contributed by atoms with Gasteiger partial charge in [0.1, 0.15) is 5.76 Å². The molecule has 0 unspecified atom stereocenters. The first-order valence-corrected chi connectivity index (χ1v) is 5.91. The minimum Gasteiger partial charge on any atom is -0.506 e. The highest BCUT2D eigenvalue weighted by Gasteiger charge is 1.98. The predicted octanol–water partition coefficient (Wildman–Crippen LogP) is 4.29. The lowest BCUT2D eigenvalue weighted by Gasteiger charge is -2.01. The normalized spacial score (nSPS) is 8.85. The van der Waals surface area contributed by atoms with Gasteiger partial charge in [0.2, 0.25) is 0 Å². The minimum absolute atomic E-state index is 0.146. The van der Waals surface area contributed by atoms with Crippen molar-refractivity contribution in [3.8, 4) is 0 Å². The van der Waals surface area contributed by atoms with Gasteiger partial charge in [0.15, 0.2) is 0 Å². The number of aliphatic hydroxyl groups excluding tert-OH is 1. The van der Waals surface area contributed by atoms with Gasteiger partial charge in [0.05, 0.1) is 5.70 Å². The van der Waals surface area contributed by atoms with Gasteiger partial charge >= 0.3 is 0 Å². The number of aliphatic hydroxyl groups is 1. The third-order valence-electron chi connectivity index (χ3n) is 1.76. The summed E-state index contributed by atoms with van der Waals surface area (Å²) in [6.45, 7) is 18.4. The highest BCUT2D eigenvalue weighted by atomic mass is 16.3. The Morgan fingerprint density at radius 2 is 1.65 bits per heavy atom. The van der Waals surface area contributed by atoms with Gasteiger partial charge in [-0.1, -0.05) is 24.8 Å². The van der Waals surface area contributed by atoms with Crippen molar-refractivity contribution in [1.29, 1.82) is 10.8 Å². The van der Waals surface area contributed by atoms with Crippen molar-refractivity contribution in [1.82, 2.24) is 0 Å². The Morgan fingerprint density at radius 1 is 1.20 bits per heavy atom. The van der Waals surface area contributed by atoms with Crippen molar-refractivity contribution >= 4 is 12.4 Å². The Hall–Kier alpha value is -2.36. The molecule has 0 amide bonds. The van der Waals surface area contributed by atoms with E-state index < -0.39 is 0 Å². The molecular weight excluding hydrogens is 250 g/mol. The Balaban J connectivity index is -0.000000277. The molecule has 0 bridgehead atoms. The lowest BCUT2D eigenvalue weighted by molar-refractivity contribution is 0.415. The lowest BCUT2D eigenvalue weighted by atomic mass is 10.2. The highest BCUT2D eigenvalue weighted by Crippen LogP contribution is 2.07. The van der Waals surface area contributed by atoms with E-state index in [0.717, 1.165) is 11.1 Å². The second-order valence-electron chi connectivity index (χ2n) is 4.02. The molecule has 112 valence electrons. The zero-order chi connectivity index (χ0) is 16.7. The average molecular weight is 277 g/mol. The molecule has 0 aliphatic rings. The predicted molar refractivity (Wildman–Crippen MR) is 90.7 cm³/mol. The second-order valence-corrected chi connectivity index (χ2v) is 4.02. The van der Waals surface area contributed by atoms with Crippen LogP contribution in [0, 0.1) is 10.8 Å². The van der Waals surface area contributed by atoms with E-state index >= 15 is 0 Å². The Morgan fingerprint density at radius 3 is 1.85 bits per heavy atom. The van der Waals surface area contributed by atoms with Gasteiger partial charge in [-0.15, -0.1) is 6.58 Å². The molecule has 0 saturated heterocycles. The monoisotopic (exact) mass is 277 g/mol. The maximum Gasteiger partial charge on any atom is 0.137 e. The van der Waals surface area contributed by atoms with E-state index in [-0.39, 0.29) is 5.76 Å². The molecule has 0 aromatic rings. The fourth-order valence-electron chi connectivity index (χ4n) is 0.861. The molecule has 0 radical (unpaired) electrons. The van der Waals surface area contributed by atoms with E-state index in [1.165, 1.54) is 6.08 Å². The van der Waals surface area contributed by atoms with Crippen LogP contribution in [0.3, 0.4) is 0 Å². The fraction of sp³-hybridized carbons (Fsp3) is 0.250. The van der Waals surface area contributed by atoms with Crippen LogP contribution in [-0.4, -0.2) is 17.5 Å². The first-order valence-electron chi connectivity index (χ1n) is 5.91. The number of hydrogen-bond acceptors (Lipinski definition) is 4. The Labute approximate surface area is 122 Å². The Bertz CT molecular complexity index is 400. The van der Waals surface area contributed by atoms with Crippen LogP contribution < -0.4 is 5.73 Å². The van der Waals surface area contributed by atoms with Crippen LogP contribution in [0.2, 0.25) is 0 Å². The molecule has 0 atom stereocenters. The zero-order valence-electron chi connectivity index (χ0n) is 12.8. The molecule has 0 aromatic carbocycles. The summed E-state index contributed by atoms with van der Waals surface area (Å²) in [7, 11) is 0. The number of nitrogens with two attached hydrogens (primary N) is 1. The molecule has 0 saturated carbocycles. The van der Waals surface area contributed by atoms with Gasteiger partial charge in [-0.2, -0.15) is 0 Å². The van der Waals surface area contributed by atoms with Gasteiger partial charge < -0.3 is 21.7 Å². The van der Waals surface area contributed by atoms with Crippen LogP contribution in [0.4, 0.5) is 0 Å². The quantitative estimate of drug-likeness (QED) is 0.261. The maximum absolute atomic E-state index is 9.29. The van der Waals surface area contributed by atoms with Gasteiger partial charge in [0.25, 0.3) is 0 Å². The molecular formula is C16H27N3O. The summed E-state index contributed by atoms with van der Waals surface area (Å²) >= 11 is 0. The van der Waals surface area contributed by atoms with Crippen molar-refractivity contribution < 1.29 is 5.11 Å². The Kier molecular flexibility index (Phi) is 16.7. The van der Waals surface area contributed by atoms with E-state index in [1.807, 2.05) is 6.92 Å². The summed E-state index contributed by atoms with van der Waals surface area (Å²) < 4.78 is 0. The number of nitrogens with one attached hydrogen (secondary N) is 2. The summed E-state index contributed by atoms with van der Waals surface area (Å²) in [6, 6.07) is 0. The van der Waals surface area contributed by atoms with E-state index in [9.17, 15) is 5.11 Å². The van der Waals surface area contributed by atoms with Crippen LogP contribution >= 0.6 is 0 Å². The minimum atomic E-state index is 0.146. The molecule has 0 spiro atoms. The molecule has 4 nitrogen and oxygen atoms in total. The van der Waals surface area contributed by atoms with Crippen LogP contribution in [0.25, 0.3) is 0 Å². The first kappa shape index (κ1) is 22.8. The fourth-order valence-corrected chi connectivity index (χ4v) is 0.861. The zero-order valence-corrected chi connectivity index (χ0v) is 12.8. The third kappa shape index (κ3) is 15.6. The third-order valence-corrected chi connectivity index (χ3v) is 1.76. The van der Waals surface area contributed by atoms with Crippen molar-refractivity contribution in [3.05, 3.63) is 60.6 Å². The van der Waals surface area contributed by atoms with Crippen LogP contribution in [-0.2, 0) is 0 Å². The molecule has 0 rings (SSSR count). The highest BCUT2D eigenvalue weighted by molar-refractivity contribution is 5.92. The van der Waals surface area contributed by atoms with Gasteiger partial charge in [-0.25, -0.2) is 0 Å². The summed E-state index contributed by atoms with van der Waals surface area (Å²) in [6.07, 6.45) is 5.47. The smallest absolute Gasteiger partial charge is 0.137 e. The largest absolute Gasteiger partial charge is 0.506 e. The average Bonchev–Trinajstić information content (AvgIpc) is 2.40. The van der Waals surface area contributed by atoms with Crippen molar-refractivity contribution in [3.63, 3.8) is 0 Å². The van der Waals surface area contributed by atoms with Crippen LogP contribution in [0.1, 0.15) is 27.2 Å². The van der Waals surface area contributed by atoms with E-state index in [1.54, 1.807) is 26.0 Å². The molecule has 0 aliphatic heterocycles. The van der Waals surface area contributed by atoms with Crippen molar-refractivity contribution in [2.45, 2.75) is 27.2 Å². The molecule has 0 aliphatic carbocycles. The van der Waals surface area contributed by atoms with Crippen molar-refractivity contribution in [2.75, 3.05) is 0 Å². The van der Waals surface area contributed by atoms with E-state index in [0.29, 0.717) is 17.8 Å². The summed E-state index contributed by atoms with van der Waals surface area (Å²) in [5.41, 5.74) is 8.04. The molecule has 0 heterocycles. The van der Waals surface area contributed by atoms with Crippen LogP contribution in [0.5, 0.6) is 0 Å². The molecule has 4 heteroatoms. The van der Waals surface area contributed by atoms with E-state index in [2.05, 4.69) is 26.5 Å². The standard InChI is InChI=1S/C9H15NO.C6H9N.CH3N/c1-6(2)5-8(10)9(11)7(3)4;1-3-5-6(7)4-2;1-2/h5,11H,1,10H2,2-4H3;3-4,7H,1-2,5H2;2H,1H2/b8-5+;;. The topological polar surface area (TPSA) is 93.9 Å². The summed E-state index contributed by atoms with van der Waals surface area (Å²) in [5, 5.41) is 21.7. The van der Waals surface area contributed by atoms with E-state index in [4.69, 9.17) is 16.6 Å². The SMILES string of the molecule is C=C(C)/C=C(/N)C(O)=C(C)C.C=CCC(=N)C=C.C=N. The van der Waals surface area contributed by atoms with Gasteiger partial charge in [-0.05, 0) is 45.2 Å².